The maximum absolute atomic E-state index is 12.3. The maximum atomic E-state index is 12.3. The van der Waals surface area contributed by atoms with Gasteiger partial charge in [0.15, 0.2) is 44.0 Å². The van der Waals surface area contributed by atoms with E-state index in [2.05, 4.69) is 0 Å². The minimum atomic E-state index is -1.62. The van der Waals surface area contributed by atoms with Gasteiger partial charge in [-0.25, -0.2) is 0 Å². The van der Waals surface area contributed by atoms with E-state index in [9.17, 15) is 35.7 Å². The Morgan fingerprint density at radius 2 is 0.297 bits per heavy atom. The molecule has 0 aromatic carbocycles. The molecule has 35 heteroatoms. The molecule has 0 saturated carbocycles. The van der Waals surface area contributed by atoms with E-state index in [4.69, 9.17) is 133 Å². The summed E-state index contributed by atoms with van der Waals surface area (Å²) in [5.41, 5.74) is 0. The molecule has 21 rings (SSSR count). The summed E-state index contributed by atoms with van der Waals surface area (Å²) in [5.74, 6) is 0. The van der Waals surface area contributed by atoms with E-state index in [0.29, 0.717) is 0 Å². The van der Waals surface area contributed by atoms with Crippen LogP contribution in [0, 0.1) is 0 Å². The highest BCUT2D eigenvalue weighted by Gasteiger charge is 2.61. The Kier molecular flexibility index (Phi) is 29.3. The number of aliphatic hydroxyl groups excluding tert-OH is 7. The minimum Gasteiger partial charge on any atom is -0.387 e. The third-order valence-corrected chi connectivity index (χ3v) is 17.6. The SMILES string of the molecule is COC[C@@H]1O[C@H]2O[C@H]3[C@@H](O)[C@@H](OC)[C@@H](O[C@H]4[C@H](O)[C@H](OC)[C@@H](O[C@H]5[C@@H](O)[C@H](OC)[C@@H](O[C@H]6[C@H](O)[C@@H](OC)[C@@H](O[C@H]7[C@H](O)[C@@H](OC)[C@@H](O[C@H]8[C@H](O)[C@@H](OC)[C@@H](O[C@H]1[C@H](O)[C@H]2OC)O[C@H]8COC)O[C@H]7COC)O[C@@H]6COC)O[C@@H]5COC)O[C@@H]4COC)O[C@@H]3COC. The van der Waals surface area contributed by atoms with Crippen LogP contribution in [0.5, 0.6) is 0 Å². The fourth-order valence-electron chi connectivity index (χ4n) is 13.1. The molecular weight excluding hydrogens is 1230 g/mol. The summed E-state index contributed by atoms with van der Waals surface area (Å²) in [5, 5.41) is 86.2. The second-order valence-electron chi connectivity index (χ2n) is 23.0. The van der Waals surface area contributed by atoms with Crippen LogP contribution in [-0.2, 0) is 133 Å². The second-order valence-corrected chi connectivity index (χ2v) is 23.0. The van der Waals surface area contributed by atoms with Crippen molar-refractivity contribution >= 4 is 0 Å². The van der Waals surface area contributed by atoms with Crippen molar-refractivity contribution in [2.24, 2.45) is 0 Å². The Balaban J connectivity index is 1.17. The molecule has 0 spiro atoms. The van der Waals surface area contributed by atoms with Crippen molar-refractivity contribution in [1.82, 2.24) is 0 Å². The molecule has 21 aliphatic heterocycles. The van der Waals surface area contributed by atoms with E-state index in [1.54, 1.807) is 0 Å². The topological polar surface area (TPSA) is 400 Å². The first-order chi connectivity index (χ1) is 43.9. The summed E-state index contributed by atoms with van der Waals surface area (Å²) in [6, 6.07) is 0. The third-order valence-electron chi connectivity index (χ3n) is 17.6. The van der Waals surface area contributed by atoms with Gasteiger partial charge < -0.3 is 168 Å². The molecule has 21 fully saturated rings. The lowest BCUT2D eigenvalue weighted by Gasteiger charge is -2.51. The molecule has 35 atom stereocenters. The quantitative estimate of drug-likeness (QED) is 0.0562. The van der Waals surface area contributed by atoms with E-state index in [1.807, 2.05) is 0 Å². The van der Waals surface area contributed by atoms with Gasteiger partial charge in [-0.1, -0.05) is 0 Å². The second kappa shape index (κ2) is 35.4. The Morgan fingerprint density at radius 3 is 0.385 bits per heavy atom. The van der Waals surface area contributed by atoms with Gasteiger partial charge in [0, 0.05) is 99.5 Å². The van der Waals surface area contributed by atoms with Gasteiger partial charge in [0.1, 0.15) is 171 Å². The van der Waals surface area contributed by atoms with Crippen molar-refractivity contribution < 1.29 is 168 Å². The van der Waals surface area contributed by atoms with Crippen molar-refractivity contribution in [3.05, 3.63) is 0 Å². The molecule has 14 bridgehead atoms. The molecule has 21 heterocycles. The van der Waals surface area contributed by atoms with Gasteiger partial charge in [-0.3, -0.25) is 0 Å². The number of methoxy groups -OCH3 is 14. The van der Waals surface area contributed by atoms with Gasteiger partial charge in [-0.05, 0) is 0 Å². The normalized spacial score (nSPS) is 48.7. The molecule has 7 N–H and O–H groups in total. The number of hydrogen-bond acceptors (Lipinski definition) is 35. The van der Waals surface area contributed by atoms with Gasteiger partial charge in [-0.2, -0.15) is 0 Å². The standard InChI is InChI=1S/C56H98O35/c1-64-15-22-36-29(57)43(71-8)50(78-22)86-37-23(16-65-2)80-52(45(73-10)30(37)58)88-39-25(18-67-4)82-54(47(75-12)32(39)60)90-41-27(20-69-6)84-56(49(77-14)34(41)62)91-42-28(21-70-7)83-55(48(76-13)35(42)63)89-40-26(19-68-5)81-53(46(74-11)33(40)61)87-38-24(17-66-3)79-51(85-36)44(72-9)31(38)59/h22-63H,15-21H2,1-14H3/t22-,23-,24-,25-,26+,27+,28+,29+,30-,31-,32+,33+,34+,35+,36-,37-,38-,39-,40-,41-,42-,43+,44-,45+,46-,47-,48-,49-,50-,51-,52-,53+,54-,55-,56-/m1/s1. The molecule has 91 heavy (non-hydrogen) atoms. The predicted molar refractivity (Wildman–Crippen MR) is 295 cm³/mol. The molecule has 21 aliphatic rings. The summed E-state index contributed by atoms with van der Waals surface area (Å²) in [6.07, 6.45) is -49.4. The van der Waals surface area contributed by atoms with E-state index in [0.717, 1.165) is 0 Å². The van der Waals surface area contributed by atoms with E-state index < -0.39 is 215 Å². The number of ether oxygens (including phenoxy) is 28. The molecule has 0 amide bonds. The number of hydrogen-bond donors (Lipinski definition) is 7. The lowest BCUT2D eigenvalue weighted by molar-refractivity contribution is -0.400. The number of rotatable bonds is 21. The lowest BCUT2D eigenvalue weighted by Crippen LogP contribution is -2.69. The monoisotopic (exact) mass is 1330 g/mol. The first kappa shape index (κ1) is 75.4. The van der Waals surface area contributed by atoms with Crippen LogP contribution in [0.25, 0.3) is 0 Å². The van der Waals surface area contributed by atoms with Crippen LogP contribution in [-0.4, -0.2) is 396 Å². The minimum absolute atomic E-state index is 0.227. The van der Waals surface area contributed by atoms with Crippen molar-refractivity contribution in [3.8, 4) is 0 Å². The third kappa shape index (κ3) is 16.3. The van der Waals surface area contributed by atoms with E-state index in [-0.39, 0.29) is 46.2 Å². The van der Waals surface area contributed by atoms with Gasteiger partial charge in [-0.15, -0.1) is 0 Å². The van der Waals surface area contributed by atoms with Gasteiger partial charge in [0.2, 0.25) is 0 Å². The molecule has 21 saturated heterocycles. The molecule has 35 nitrogen and oxygen atoms in total. The van der Waals surface area contributed by atoms with Crippen LogP contribution >= 0.6 is 0 Å². The first-order valence-electron chi connectivity index (χ1n) is 30.0. The highest BCUT2D eigenvalue weighted by Crippen LogP contribution is 2.41. The Labute approximate surface area is 528 Å². The van der Waals surface area contributed by atoms with Gasteiger partial charge in [0.05, 0.1) is 46.2 Å². The summed E-state index contributed by atoms with van der Waals surface area (Å²) < 4.78 is 171. The van der Waals surface area contributed by atoms with Gasteiger partial charge >= 0.3 is 0 Å². The fraction of sp³-hybridized carbons (Fsp3) is 1.00. The Hall–Kier alpha value is -1.40. The summed E-state index contributed by atoms with van der Waals surface area (Å²) in [6.45, 7) is -1.59. The lowest BCUT2D eigenvalue weighted by atomic mass is 9.95. The van der Waals surface area contributed by atoms with Crippen LogP contribution < -0.4 is 0 Å². The van der Waals surface area contributed by atoms with Crippen LogP contribution in [0.1, 0.15) is 0 Å². The van der Waals surface area contributed by atoms with Crippen LogP contribution in [0.3, 0.4) is 0 Å². The Morgan fingerprint density at radius 1 is 0.187 bits per heavy atom. The van der Waals surface area contributed by atoms with Crippen molar-refractivity contribution in [2.45, 2.75) is 215 Å². The smallest absolute Gasteiger partial charge is 0.187 e. The molecule has 0 aromatic rings. The van der Waals surface area contributed by atoms with Gasteiger partial charge in [0.25, 0.3) is 0 Å². The molecule has 0 aromatic heterocycles. The van der Waals surface area contributed by atoms with Crippen LogP contribution in [0.4, 0.5) is 0 Å². The zero-order valence-electron chi connectivity index (χ0n) is 53.7. The highest BCUT2D eigenvalue weighted by atomic mass is 16.8. The summed E-state index contributed by atoms with van der Waals surface area (Å²) >= 11 is 0. The average Bonchev–Trinajstić information content (AvgIpc) is 0.810. The predicted octanol–water partition coefficient (Wildman–Crippen LogP) is -6.07. The Bertz CT molecular complexity index is 1680. The summed E-state index contributed by atoms with van der Waals surface area (Å²) in [4.78, 5) is 0. The molecule has 0 unspecified atom stereocenters. The molecule has 532 valence electrons. The maximum Gasteiger partial charge on any atom is 0.187 e. The highest BCUT2D eigenvalue weighted by molar-refractivity contribution is 5.03. The first-order valence-corrected chi connectivity index (χ1v) is 30.0. The van der Waals surface area contributed by atoms with Crippen molar-refractivity contribution in [3.63, 3.8) is 0 Å². The fourth-order valence-corrected chi connectivity index (χ4v) is 13.1. The number of aliphatic hydroxyl groups is 7. The van der Waals surface area contributed by atoms with E-state index in [1.165, 1.54) is 99.5 Å². The molecule has 0 radical (unpaired) electrons. The van der Waals surface area contributed by atoms with Crippen LogP contribution in [0.2, 0.25) is 0 Å². The molecule has 0 aliphatic carbocycles. The average molecular weight is 1330 g/mol. The van der Waals surface area contributed by atoms with Crippen LogP contribution in [0.15, 0.2) is 0 Å². The van der Waals surface area contributed by atoms with E-state index >= 15 is 0 Å². The molecular formula is C56H98O35. The summed E-state index contributed by atoms with van der Waals surface area (Å²) in [7, 11) is 18.7. The van der Waals surface area contributed by atoms with Crippen molar-refractivity contribution in [1.29, 1.82) is 0 Å². The van der Waals surface area contributed by atoms with Crippen molar-refractivity contribution in [2.75, 3.05) is 146 Å². The zero-order valence-corrected chi connectivity index (χ0v) is 53.7. The zero-order chi connectivity index (χ0) is 66.0. The largest absolute Gasteiger partial charge is 0.387 e.